The van der Waals surface area contributed by atoms with Gasteiger partial charge in [-0.3, -0.25) is 4.79 Å². The number of Topliss-reactive ketones (excluding diaryl/α,β-unsaturated/α-hetero) is 1. The Labute approximate surface area is 96.5 Å². The van der Waals surface area contributed by atoms with Crippen LogP contribution in [0.3, 0.4) is 0 Å². The molecule has 1 aromatic heterocycles. The van der Waals surface area contributed by atoms with Crippen LogP contribution in [0.25, 0.3) is 0 Å². The van der Waals surface area contributed by atoms with E-state index in [1.165, 1.54) is 0 Å². The minimum absolute atomic E-state index is 0.0715. The van der Waals surface area contributed by atoms with Gasteiger partial charge >= 0.3 is 0 Å². The van der Waals surface area contributed by atoms with E-state index in [-0.39, 0.29) is 5.78 Å². The summed E-state index contributed by atoms with van der Waals surface area (Å²) in [5.41, 5.74) is 0.684. The highest BCUT2D eigenvalue weighted by atomic mass is 16.1. The van der Waals surface area contributed by atoms with Crippen LogP contribution in [0.2, 0.25) is 0 Å². The Morgan fingerprint density at radius 2 is 1.94 bits per heavy atom. The van der Waals surface area contributed by atoms with Gasteiger partial charge in [0.2, 0.25) is 0 Å². The maximum absolute atomic E-state index is 11.1. The van der Waals surface area contributed by atoms with Crippen molar-refractivity contribution in [2.45, 2.75) is 20.8 Å². The lowest BCUT2D eigenvalue weighted by Crippen LogP contribution is -2.20. The van der Waals surface area contributed by atoms with Crippen molar-refractivity contribution in [1.82, 2.24) is 4.98 Å². The number of aromatic nitrogens is 1. The van der Waals surface area contributed by atoms with Crippen LogP contribution in [0.5, 0.6) is 0 Å². The molecule has 16 heavy (non-hydrogen) atoms. The van der Waals surface area contributed by atoms with Crippen LogP contribution in [0, 0.1) is 11.8 Å². The van der Waals surface area contributed by atoms with Crippen molar-refractivity contribution >= 4 is 11.6 Å². The number of hydrogen-bond donors (Lipinski definition) is 0. The molecule has 0 aliphatic carbocycles. The van der Waals surface area contributed by atoms with Crippen molar-refractivity contribution in [3.05, 3.63) is 23.9 Å². The predicted octanol–water partition coefficient (Wildman–Crippen LogP) is 2.38. The van der Waals surface area contributed by atoms with Gasteiger partial charge in [-0.1, -0.05) is 13.8 Å². The second-order valence-corrected chi connectivity index (χ2v) is 4.82. The molecule has 0 spiro atoms. The molecule has 1 saturated heterocycles. The van der Waals surface area contributed by atoms with Crippen molar-refractivity contribution in [1.29, 1.82) is 0 Å². The van der Waals surface area contributed by atoms with E-state index >= 15 is 0 Å². The molecule has 0 saturated carbocycles. The predicted molar refractivity (Wildman–Crippen MR) is 64.8 cm³/mol. The maximum atomic E-state index is 11.1. The van der Waals surface area contributed by atoms with Crippen molar-refractivity contribution in [2.75, 3.05) is 18.0 Å². The standard InChI is InChI=1S/C13H18N2O/c1-9-7-15(8-10(9)2)13-5-4-12(6-14-13)11(3)16/h4-6,9-10H,7-8H2,1-3H3. The highest BCUT2D eigenvalue weighted by molar-refractivity contribution is 5.93. The number of pyridine rings is 1. The van der Waals surface area contributed by atoms with Crippen LogP contribution in [0.1, 0.15) is 31.1 Å². The van der Waals surface area contributed by atoms with Gasteiger partial charge in [0.15, 0.2) is 5.78 Å². The molecule has 0 amide bonds. The molecular formula is C13H18N2O. The van der Waals surface area contributed by atoms with E-state index in [0.717, 1.165) is 18.9 Å². The molecule has 2 rings (SSSR count). The summed E-state index contributed by atoms with van der Waals surface area (Å²) in [7, 11) is 0. The van der Waals surface area contributed by atoms with Gasteiger partial charge in [0.05, 0.1) is 0 Å². The highest BCUT2D eigenvalue weighted by Gasteiger charge is 2.26. The third-order valence-electron chi connectivity index (χ3n) is 3.47. The van der Waals surface area contributed by atoms with Crippen molar-refractivity contribution < 1.29 is 4.79 Å². The fourth-order valence-electron chi connectivity index (χ4n) is 2.10. The monoisotopic (exact) mass is 218 g/mol. The molecule has 1 aliphatic heterocycles. The molecule has 2 heterocycles. The molecule has 0 aromatic carbocycles. The lowest BCUT2D eigenvalue weighted by molar-refractivity contribution is 0.101. The first kappa shape index (κ1) is 11.1. The highest BCUT2D eigenvalue weighted by Crippen LogP contribution is 2.26. The minimum atomic E-state index is 0.0715. The van der Waals surface area contributed by atoms with E-state index in [1.54, 1.807) is 13.1 Å². The molecule has 2 unspecified atom stereocenters. The molecule has 0 N–H and O–H groups in total. The zero-order chi connectivity index (χ0) is 11.7. The van der Waals surface area contributed by atoms with Crippen molar-refractivity contribution in [3.8, 4) is 0 Å². The summed E-state index contributed by atoms with van der Waals surface area (Å²) in [5, 5.41) is 0. The quantitative estimate of drug-likeness (QED) is 0.714. The summed E-state index contributed by atoms with van der Waals surface area (Å²) in [6, 6.07) is 3.81. The largest absolute Gasteiger partial charge is 0.356 e. The first-order valence-corrected chi connectivity index (χ1v) is 5.80. The summed E-state index contributed by atoms with van der Waals surface area (Å²) >= 11 is 0. The normalized spacial score (nSPS) is 24.8. The van der Waals surface area contributed by atoms with E-state index in [2.05, 4.69) is 23.7 Å². The molecule has 3 heteroatoms. The van der Waals surface area contributed by atoms with E-state index in [4.69, 9.17) is 0 Å². The minimum Gasteiger partial charge on any atom is -0.356 e. The van der Waals surface area contributed by atoms with E-state index in [0.29, 0.717) is 17.4 Å². The molecule has 0 bridgehead atoms. The number of carbonyl (C=O) groups excluding carboxylic acids is 1. The second kappa shape index (κ2) is 4.24. The van der Waals surface area contributed by atoms with Gasteiger partial charge < -0.3 is 4.90 Å². The van der Waals surface area contributed by atoms with E-state index in [1.807, 2.05) is 12.1 Å². The second-order valence-electron chi connectivity index (χ2n) is 4.82. The number of carbonyl (C=O) groups is 1. The molecule has 3 nitrogen and oxygen atoms in total. The van der Waals surface area contributed by atoms with Crippen LogP contribution in [-0.2, 0) is 0 Å². The third-order valence-corrected chi connectivity index (χ3v) is 3.47. The Balaban J connectivity index is 2.14. The Bertz CT molecular complexity index is 375. The fraction of sp³-hybridized carbons (Fsp3) is 0.538. The summed E-state index contributed by atoms with van der Waals surface area (Å²) in [4.78, 5) is 17.8. The van der Waals surface area contributed by atoms with Gasteiger partial charge in [0, 0.05) is 24.8 Å². The third kappa shape index (κ3) is 2.08. The Morgan fingerprint density at radius 3 is 2.38 bits per heavy atom. The zero-order valence-electron chi connectivity index (χ0n) is 10.1. The van der Waals surface area contributed by atoms with Gasteiger partial charge in [0.25, 0.3) is 0 Å². The maximum Gasteiger partial charge on any atom is 0.161 e. The molecular weight excluding hydrogens is 200 g/mol. The zero-order valence-corrected chi connectivity index (χ0v) is 10.1. The fourth-order valence-corrected chi connectivity index (χ4v) is 2.10. The lowest BCUT2D eigenvalue weighted by Gasteiger charge is -2.16. The molecule has 86 valence electrons. The summed E-state index contributed by atoms with van der Waals surface area (Å²) in [6.45, 7) is 8.24. The van der Waals surface area contributed by atoms with Gasteiger partial charge in [-0.15, -0.1) is 0 Å². The topological polar surface area (TPSA) is 33.2 Å². The summed E-state index contributed by atoms with van der Waals surface area (Å²) in [5.74, 6) is 2.49. The number of rotatable bonds is 2. The van der Waals surface area contributed by atoms with E-state index in [9.17, 15) is 4.79 Å². The first-order valence-electron chi connectivity index (χ1n) is 5.80. The molecule has 2 atom stereocenters. The number of ketones is 1. The number of nitrogens with zero attached hydrogens (tertiary/aromatic N) is 2. The summed E-state index contributed by atoms with van der Waals surface area (Å²) in [6.07, 6.45) is 1.67. The van der Waals surface area contributed by atoms with Crippen LogP contribution >= 0.6 is 0 Å². The van der Waals surface area contributed by atoms with Crippen LogP contribution < -0.4 is 4.90 Å². The van der Waals surface area contributed by atoms with Gasteiger partial charge in [0.1, 0.15) is 5.82 Å². The average Bonchev–Trinajstić information content (AvgIpc) is 2.59. The van der Waals surface area contributed by atoms with Gasteiger partial charge in [-0.25, -0.2) is 4.98 Å². The van der Waals surface area contributed by atoms with Crippen molar-refractivity contribution in [3.63, 3.8) is 0 Å². The molecule has 1 aliphatic rings. The van der Waals surface area contributed by atoms with Crippen LogP contribution in [-0.4, -0.2) is 23.9 Å². The Hall–Kier alpha value is -1.38. The molecule has 1 fully saturated rings. The molecule has 1 aromatic rings. The SMILES string of the molecule is CC(=O)c1ccc(N2CC(C)C(C)C2)nc1. The summed E-state index contributed by atoms with van der Waals surface area (Å²) < 4.78 is 0. The van der Waals surface area contributed by atoms with Crippen LogP contribution in [0.4, 0.5) is 5.82 Å². The number of hydrogen-bond acceptors (Lipinski definition) is 3. The Morgan fingerprint density at radius 1 is 1.31 bits per heavy atom. The van der Waals surface area contributed by atoms with Gasteiger partial charge in [-0.05, 0) is 30.9 Å². The molecule has 0 radical (unpaired) electrons. The van der Waals surface area contributed by atoms with Crippen LogP contribution in [0.15, 0.2) is 18.3 Å². The van der Waals surface area contributed by atoms with Crippen molar-refractivity contribution in [2.24, 2.45) is 11.8 Å². The number of anilines is 1. The Kier molecular flexibility index (Phi) is 2.95. The van der Waals surface area contributed by atoms with Gasteiger partial charge in [-0.2, -0.15) is 0 Å². The average molecular weight is 218 g/mol. The smallest absolute Gasteiger partial charge is 0.161 e. The first-order chi connectivity index (χ1) is 7.58. The lowest BCUT2D eigenvalue weighted by atomic mass is 10.0. The van der Waals surface area contributed by atoms with E-state index < -0.39 is 0 Å².